The number of hydrogen-bond donors (Lipinski definition) is 0. The molecule has 12 nitrogen and oxygen atoms in total. The van der Waals surface area contributed by atoms with Crippen molar-refractivity contribution in [1.29, 1.82) is 0 Å². The van der Waals surface area contributed by atoms with E-state index in [4.69, 9.17) is 14.2 Å². The second-order valence-corrected chi connectivity index (χ2v) is 12.8. The van der Waals surface area contributed by atoms with Gasteiger partial charge in [-0.3, -0.25) is 33.4 Å². The number of likely N-dealkylation sites (tertiary alicyclic amines) is 1. The topological polar surface area (TPSA) is 145 Å². The number of fused-ring (bicyclic) bond motifs is 2. The molecule has 1 fully saturated rings. The van der Waals surface area contributed by atoms with Crippen LogP contribution in [0.15, 0.2) is 39.7 Å². The third-order valence-electron chi connectivity index (χ3n) is 9.57. The molecule has 1 aromatic carbocycles. The summed E-state index contributed by atoms with van der Waals surface area (Å²) in [4.78, 5) is 70.0. The maximum Gasteiger partial charge on any atom is 0.306 e. The zero-order valence-electron chi connectivity index (χ0n) is 27.0. The minimum absolute atomic E-state index is 0.0360. The number of ether oxygens (including phenoxy) is 1. The number of rotatable bonds is 12. The molecule has 6 rings (SSSR count). The van der Waals surface area contributed by atoms with Crippen LogP contribution in [-0.4, -0.2) is 74.3 Å². The average Bonchev–Trinajstić information content (AvgIpc) is 3.62. The van der Waals surface area contributed by atoms with E-state index in [0.29, 0.717) is 55.2 Å². The first kappa shape index (κ1) is 32.5. The summed E-state index contributed by atoms with van der Waals surface area (Å²) in [6.45, 7) is 7.06. The van der Waals surface area contributed by atoms with E-state index in [2.05, 4.69) is 22.2 Å². The quantitative estimate of drug-likeness (QED) is 0.211. The van der Waals surface area contributed by atoms with E-state index in [1.807, 2.05) is 19.9 Å². The molecule has 2 aromatic heterocycles. The highest BCUT2D eigenvalue weighted by molar-refractivity contribution is 6.13. The molecule has 0 bridgehead atoms. The molecule has 0 spiro atoms. The third kappa shape index (κ3) is 7.27. The number of hydrogen-bond acceptors (Lipinski definition) is 10. The largest absolute Gasteiger partial charge is 0.454 e. The molecule has 12 heteroatoms. The zero-order chi connectivity index (χ0) is 33.1. The number of Topliss-reactive ketones (excluding diaryl/α,β-unsaturated/α-hetero) is 1. The van der Waals surface area contributed by atoms with Crippen LogP contribution in [0.2, 0.25) is 0 Å². The van der Waals surface area contributed by atoms with Gasteiger partial charge in [0.2, 0.25) is 0 Å². The van der Waals surface area contributed by atoms with Crippen LogP contribution in [0.4, 0.5) is 0 Å². The number of benzene rings is 1. The van der Waals surface area contributed by atoms with Gasteiger partial charge in [0.25, 0.3) is 17.4 Å². The van der Waals surface area contributed by atoms with Gasteiger partial charge in [-0.25, -0.2) is 4.98 Å². The van der Waals surface area contributed by atoms with Gasteiger partial charge in [-0.2, -0.15) is 0 Å². The first-order chi connectivity index (χ1) is 22.7. The number of piperidine rings is 1. The van der Waals surface area contributed by atoms with E-state index >= 15 is 0 Å². The molecule has 0 aliphatic carbocycles. The second-order valence-electron chi connectivity index (χ2n) is 12.8. The van der Waals surface area contributed by atoms with Crippen molar-refractivity contribution in [2.75, 3.05) is 26.2 Å². The highest BCUT2D eigenvalue weighted by Gasteiger charge is 2.30. The Bertz CT molecular complexity index is 1760. The van der Waals surface area contributed by atoms with Crippen molar-refractivity contribution < 1.29 is 28.4 Å². The standard InChI is InChI=1S/C35H41N5O7/c1-22-8-9-27-29(21-22)47-37-33(27)24-12-17-38(18-13-24)19-15-26-23(2)36-34-28(6-4-16-40(34)35(26)45)46-32(44)7-3-5-25(41)14-20-39-30(42)10-11-31(39)43/h8-11,21,24,28H,3-7,12-20H2,1-2H3. The Hall–Kier alpha value is -4.45. The smallest absolute Gasteiger partial charge is 0.306 e. The summed E-state index contributed by atoms with van der Waals surface area (Å²) in [6, 6.07) is 6.22. The molecule has 1 saturated heterocycles. The number of esters is 1. The molecule has 1 atom stereocenters. The van der Waals surface area contributed by atoms with E-state index in [-0.39, 0.29) is 37.1 Å². The fourth-order valence-electron chi connectivity index (χ4n) is 6.87. The van der Waals surface area contributed by atoms with Crippen LogP contribution in [0.1, 0.15) is 91.7 Å². The SMILES string of the molecule is Cc1ccc2c(C3CCN(CCc4c(C)nc5n(c4=O)CCCC5OC(=O)CCCC(=O)CCN4C(=O)C=CC4=O)CC3)noc2c1. The highest BCUT2D eigenvalue weighted by Crippen LogP contribution is 2.33. The Labute approximate surface area is 272 Å². The summed E-state index contributed by atoms with van der Waals surface area (Å²) in [5.41, 5.74) is 4.33. The van der Waals surface area contributed by atoms with Crippen LogP contribution in [0.5, 0.6) is 0 Å². The fourth-order valence-corrected chi connectivity index (χ4v) is 6.87. The molecule has 5 heterocycles. The van der Waals surface area contributed by atoms with Crippen molar-refractivity contribution in [2.45, 2.75) is 90.2 Å². The summed E-state index contributed by atoms with van der Waals surface area (Å²) >= 11 is 0. The van der Waals surface area contributed by atoms with Gasteiger partial charge in [0.05, 0.1) is 5.69 Å². The molecule has 248 valence electrons. The van der Waals surface area contributed by atoms with Gasteiger partial charge in [0, 0.05) is 73.6 Å². The number of carbonyl (C=O) groups excluding carboxylic acids is 4. The maximum absolute atomic E-state index is 13.6. The number of aromatic nitrogens is 3. The molecule has 0 radical (unpaired) electrons. The van der Waals surface area contributed by atoms with E-state index in [9.17, 15) is 24.0 Å². The lowest BCUT2D eigenvalue weighted by molar-refractivity contribution is -0.151. The van der Waals surface area contributed by atoms with Gasteiger partial charge < -0.3 is 14.2 Å². The van der Waals surface area contributed by atoms with Crippen molar-refractivity contribution in [1.82, 2.24) is 24.5 Å². The van der Waals surface area contributed by atoms with E-state index in [0.717, 1.165) is 59.6 Å². The van der Waals surface area contributed by atoms with Gasteiger partial charge >= 0.3 is 5.97 Å². The molecule has 0 saturated carbocycles. The Kier molecular flexibility index (Phi) is 9.76. The fraction of sp³-hybridized carbons (Fsp3) is 0.514. The third-order valence-corrected chi connectivity index (χ3v) is 9.57. The van der Waals surface area contributed by atoms with E-state index < -0.39 is 23.9 Å². The average molecular weight is 644 g/mol. The van der Waals surface area contributed by atoms with Crippen LogP contribution >= 0.6 is 0 Å². The molecule has 3 aromatic rings. The number of imide groups is 1. The van der Waals surface area contributed by atoms with Gasteiger partial charge in [-0.15, -0.1) is 0 Å². The first-order valence-corrected chi connectivity index (χ1v) is 16.6. The highest BCUT2D eigenvalue weighted by atomic mass is 16.5. The zero-order valence-corrected chi connectivity index (χ0v) is 27.0. The summed E-state index contributed by atoms with van der Waals surface area (Å²) in [6.07, 6.45) is 6.15. The maximum atomic E-state index is 13.6. The van der Waals surface area contributed by atoms with Gasteiger partial charge in [-0.05, 0) is 83.2 Å². The molecule has 47 heavy (non-hydrogen) atoms. The Morgan fingerprint density at radius 3 is 2.49 bits per heavy atom. The monoisotopic (exact) mass is 643 g/mol. The molecule has 2 amide bonds. The van der Waals surface area contributed by atoms with Crippen molar-refractivity contribution in [3.8, 4) is 0 Å². The molecular weight excluding hydrogens is 602 g/mol. The number of amides is 2. The van der Waals surface area contributed by atoms with E-state index in [1.54, 1.807) is 4.57 Å². The summed E-state index contributed by atoms with van der Waals surface area (Å²) in [7, 11) is 0. The van der Waals surface area contributed by atoms with Crippen LogP contribution in [0.3, 0.4) is 0 Å². The lowest BCUT2D eigenvalue weighted by atomic mass is 9.91. The lowest BCUT2D eigenvalue weighted by Gasteiger charge is -2.31. The normalized spacial score (nSPS) is 18.7. The Morgan fingerprint density at radius 1 is 0.957 bits per heavy atom. The lowest BCUT2D eigenvalue weighted by Crippen LogP contribution is -2.38. The first-order valence-electron chi connectivity index (χ1n) is 16.6. The molecule has 1 unspecified atom stereocenters. The predicted molar refractivity (Wildman–Crippen MR) is 172 cm³/mol. The van der Waals surface area contributed by atoms with Gasteiger partial charge in [-0.1, -0.05) is 11.2 Å². The Balaban J connectivity index is 0.981. The number of nitrogens with zero attached hydrogens (tertiary/aromatic N) is 5. The van der Waals surface area contributed by atoms with Crippen molar-refractivity contribution in [2.24, 2.45) is 0 Å². The summed E-state index contributed by atoms with van der Waals surface area (Å²) in [5, 5.41) is 5.49. The predicted octanol–water partition coefficient (Wildman–Crippen LogP) is 3.86. The summed E-state index contributed by atoms with van der Waals surface area (Å²) < 4.78 is 13.0. The van der Waals surface area contributed by atoms with E-state index in [1.165, 1.54) is 12.2 Å². The minimum Gasteiger partial charge on any atom is -0.454 e. The van der Waals surface area contributed by atoms with Crippen LogP contribution < -0.4 is 5.56 Å². The van der Waals surface area contributed by atoms with Gasteiger partial charge in [0.15, 0.2) is 17.5 Å². The molecule has 3 aliphatic heterocycles. The van der Waals surface area contributed by atoms with Crippen molar-refractivity contribution >= 4 is 34.5 Å². The van der Waals surface area contributed by atoms with Crippen molar-refractivity contribution in [3.63, 3.8) is 0 Å². The number of aryl methyl sites for hydroxylation is 2. The van der Waals surface area contributed by atoms with Crippen molar-refractivity contribution in [3.05, 3.63) is 69.0 Å². The minimum atomic E-state index is -0.609. The van der Waals surface area contributed by atoms with Crippen LogP contribution in [-0.2, 0) is 36.9 Å². The second kappa shape index (κ2) is 14.1. The number of ketones is 1. The van der Waals surface area contributed by atoms with Gasteiger partial charge in [0.1, 0.15) is 5.78 Å². The summed E-state index contributed by atoms with van der Waals surface area (Å²) in [5.74, 6) is -0.580. The van der Waals surface area contributed by atoms with Crippen LogP contribution in [0, 0.1) is 13.8 Å². The molecular formula is C35H41N5O7. The Morgan fingerprint density at radius 2 is 1.72 bits per heavy atom. The molecule has 0 N–H and O–H groups in total. The number of carbonyl (C=O) groups is 4. The molecule has 3 aliphatic rings. The van der Waals surface area contributed by atoms with Crippen LogP contribution in [0.25, 0.3) is 11.0 Å².